The van der Waals surface area contributed by atoms with Gasteiger partial charge in [0.15, 0.2) is 0 Å². The van der Waals surface area contributed by atoms with Crippen LogP contribution in [-0.4, -0.2) is 29.6 Å². The number of hydrogen-bond acceptors (Lipinski definition) is 3. The van der Waals surface area contributed by atoms with Gasteiger partial charge in [0.25, 0.3) is 0 Å². The van der Waals surface area contributed by atoms with Gasteiger partial charge in [0.1, 0.15) is 4.90 Å². The van der Waals surface area contributed by atoms with Gasteiger partial charge in [-0.3, -0.25) is 5.10 Å². The standard InChI is InChI=1S/C18H22N4O2S/c1-10-4-6-16-14(8-10)15-9-13(5-7-17(15)19-16)22-25(23,24)18-11(2)20-21-12(18)3/h4,6,8,13,19,22H,5,7,9H2,1-3H3,(H,20,21). The number of rotatable bonds is 3. The molecule has 25 heavy (non-hydrogen) atoms. The Kier molecular flexibility index (Phi) is 3.73. The highest BCUT2D eigenvalue weighted by Gasteiger charge is 2.29. The fraction of sp³-hybridized carbons (Fsp3) is 0.389. The van der Waals surface area contributed by atoms with Gasteiger partial charge in [0.2, 0.25) is 10.0 Å². The lowest BCUT2D eigenvalue weighted by Gasteiger charge is -2.23. The molecular formula is C18H22N4O2S. The number of hydrogen-bond donors (Lipinski definition) is 3. The summed E-state index contributed by atoms with van der Waals surface area (Å²) in [6.07, 6.45) is 2.33. The highest BCUT2D eigenvalue weighted by Crippen LogP contribution is 2.30. The monoisotopic (exact) mass is 358 g/mol. The highest BCUT2D eigenvalue weighted by atomic mass is 32.2. The SMILES string of the molecule is Cc1ccc2[nH]c3c(c2c1)CC(NS(=O)(=O)c1c(C)n[nH]c1C)CC3. The summed E-state index contributed by atoms with van der Waals surface area (Å²) < 4.78 is 28.5. The van der Waals surface area contributed by atoms with Crippen LogP contribution in [0.3, 0.4) is 0 Å². The van der Waals surface area contributed by atoms with E-state index in [0.29, 0.717) is 17.8 Å². The molecule has 6 nitrogen and oxygen atoms in total. The second kappa shape index (κ2) is 5.71. The molecule has 4 rings (SSSR count). The molecule has 3 N–H and O–H groups in total. The van der Waals surface area contributed by atoms with Crippen molar-refractivity contribution in [3.8, 4) is 0 Å². The van der Waals surface area contributed by atoms with Crippen LogP contribution in [0.1, 0.15) is 34.6 Å². The molecule has 1 aliphatic rings. The largest absolute Gasteiger partial charge is 0.358 e. The van der Waals surface area contributed by atoms with Crippen LogP contribution in [0.4, 0.5) is 0 Å². The normalized spacial score (nSPS) is 17.8. The Hall–Kier alpha value is -2.12. The van der Waals surface area contributed by atoms with Crippen LogP contribution in [0.5, 0.6) is 0 Å². The van der Waals surface area contributed by atoms with Crippen molar-refractivity contribution in [1.82, 2.24) is 19.9 Å². The first-order valence-electron chi connectivity index (χ1n) is 8.49. The average Bonchev–Trinajstić information content (AvgIpc) is 3.07. The van der Waals surface area contributed by atoms with Crippen molar-refractivity contribution in [2.24, 2.45) is 0 Å². The summed E-state index contributed by atoms with van der Waals surface area (Å²) >= 11 is 0. The maximum Gasteiger partial charge on any atom is 0.244 e. The molecule has 2 aromatic heterocycles. The van der Waals surface area contributed by atoms with Crippen LogP contribution in [-0.2, 0) is 22.9 Å². The quantitative estimate of drug-likeness (QED) is 0.672. The number of fused-ring (bicyclic) bond motifs is 3. The summed E-state index contributed by atoms with van der Waals surface area (Å²) in [6.45, 7) is 5.52. The number of aromatic nitrogens is 3. The summed E-state index contributed by atoms with van der Waals surface area (Å²) in [5, 5.41) is 7.96. The molecule has 0 radical (unpaired) electrons. The predicted octanol–water partition coefficient (Wildman–Crippen LogP) is 2.65. The minimum atomic E-state index is -3.58. The third-order valence-corrected chi connectivity index (χ3v) is 6.78. The first-order valence-corrected chi connectivity index (χ1v) is 9.97. The van der Waals surface area contributed by atoms with Crippen molar-refractivity contribution in [3.63, 3.8) is 0 Å². The average molecular weight is 358 g/mol. The summed E-state index contributed by atoms with van der Waals surface area (Å²) in [6, 6.07) is 6.26. The Labute approximate surface area is 147 Å². The molecule has 0 bridgehead atoms. The summed E-state index contributed by atoms with van der Waals surface area (Å²) in [7, 11) is -3.58. The van der Waals surface area contributed by atoms with Crippen LogP contribution in [0.2, 0.25) is 0 Å². The van der Waals surface area contributed by atoms with E-state index >= 15 is 0 Å². The Morgan fingerprint density at radius 2 is 2.04 bits per heavy atom. The summed E-state index contributed by atoms with van der Waals surface area (Å²) in [4.78, 5) is 3.75. The Bertz CT molecular complexity index is 1040. The molecular weight excluding hydrogens is 336 g/mol. The zero-order valence-electron chi connectivity index (χ0n) is 14.6. The van der Waals surface area contributed by atoms with Gasteiger partial charge >= 0.3 is 0 Å². The minimum absolute atomic E-state index is 0.106. The molecule has 0 amide bonds. The van der Waals surface area contributed by atoms with E-state index < -0.39 is 10.0 Å². The number of aryl methyl sites for hydroxylation is 4. The van der Waals surface area contributed by atoms with E-state index in [4.69, 9.17) is 0 Å². The van der Waals surface area contributed by atoms with Crippen molar-refractivity contribution < 1.29 is 8.42 Å². The van der Waals surface area contributed by atoms with Crippen LogP contribution in [0.25, 0.3) is 10.9 Å². The zero-order chi connectivity index (χ0) is 17.8. The van der Waals surface area contributed by atoms with E-state index in [1.54, 1.807) is 13.8 Å². The first kappa shape index (κ1) is 16.4. The fourth-order valence-corrected chi connectivity index (χ4v) is 5.49. The van der Waals surface area contributed by atoms with Crippen LogP contribution in [0.15, 0.2) is 23.1 Å². The molecule has 0 aliphatic heterocycles. The van der Waals surface area contributed by atoms with Gasteiger partial charge in [-0.1, -0.05) is 11.6 Å². The first-order chi connectivity index (χ1) is 11.8. The molecule has 1 aromatic carbocycles. The lowest BCUT2D eigenvalue weighted by Crippen LogP contribution is -2.39. The highest BCUT2D eigenvalue weighted by molar-refractivity contribution is 7.89. The Morgan fingerprint density at radius 3 is 2.76 bits per heavy atom. The van der Waals surface area contributed by atoms with Gasteiger partial charge in [-0.25, -0.2) is 13.1 Å². The molecule has 1 atom stereocenters. The molecule has 0 spiro atoms. The molecule has 2 heterocycles. The number of aromatic amines is 2. The molecule has 7 heteroatoms. The van der Waals surface area contributed by atoms with E-state index in [2.05, 4.69) is 45.0 Å². The van der Waals surface area contributed by atoms with E-state index in [1.807, 2.05) is 0 Å². The topological polar surface area (TPSA) is 90.6 Å². The fourth-order valence-electron chi connectivity index (χ4n) is 3.85. The second-order valence-electron chi connectivity index (χ2n) is 6.96. The third kappa shape index (κ3) is 2.77. The number of sulfonamides is 1. The van der Waals surface area contributed by atoms with Crippen LogP contribution >= 0.6 is 0 Å². The maximum atomic E-state index is 12.8. The van der Waals surface area contributed by atoms with Crippen molar-refractivity contribution in [3.05, 3.63) is 46.4 Å². The van der Waals surface area contributed by atoms with Crippen molar-refractivity contribution in [2.75, 3.05) is 0 Å². The van der Waals surface area contributed by atoms with Gasteiger partial charge in [-0.2, -0.15) is 5.10 Å². The van der Waals surface area contributed by atoms with Crippen LogP contribution in [0, 0.1) is 20.8 Å². The number of benzene rings is 1. The lowest BCUT2D eigenvalue weighted by molar-refractivity contribution is 0.506. The van der Waals surface area contributed by atoms with E-state index in [9.17, 15) is 8.42 Å². The maximum absolute atomic E-state index is 12.8. The molecule has 1 unspecified atom stereocenters. The van der Waals surface area contributed by atoms with Crippen molar-refractivity contribution >= 4 is 20.9 Å². The van der Waals surface area contributed by atoms with Gasteiger partial charge in [0, 0.05) is 22.6 Å². The van der Waals surface area contributed by atoms with Gasteiger partial charge < -0.3 is 4.98 Å². The Balaban J connectivity index is 1.65. The number of nitrogens with zero attached hydrogens (tertiary/aromatic N) is 1. The molecule has 132 valence electrons. The lowest BCUT2D eigenvalue weighted by atomic mass is 9.92. The van der Waals surface area contributed by atoms with Crippen molar-refractivity contribution in [1.29, 1.82) is 0 Å². The van der Waals surface area contributed by atoms with Gasteiger partial charge in [-0.15, -0.1) is 0 Å². The Morgan fingerprint density at radius 1 is 1.24 bits per heavy atom. The smallest absolute Gasteiger partial charge is 0.244 e. The van der Waals surface area contributed by atoms with E-state index in [1.165, 1.54) is 22.2 Å². The number of H-pyrrole nitrogens is 2. The van der Waals surface area contributed by atoms with Gasteiger partial charge in [0.05, 0.1) is 11.4 Å². The third-order valence-electron chi connectivity index (χ3n) is 4.99. The molecule has 0 saturated heterocycles. The van der Waals surface area contributed by atoms with E-state index in [-0.39, 0.29) is 10.9 Å². The predicted molar refractivity (Wildman–Crippen MR) is 97.2 cm³/mol. The molecule has 3 aromatic rings. The van der Waals surface area contributed by atoms with Crippen LogP contribution < -0.4 is 4.72 Å². The zero-order valence-corrected chi connectivity index (χ0v) is 15.4. The molecule has 0 saturated carbocycles. The summed E-state index contributed by atoms with van der Waals surface area (Å²) in [5.74, 6) is 0. The summed E-state index contributed by atoms with van der Waals surface area (Å²) in [5.41, 5.74) is 5.88. The molecule has 1 aliphatic carbocycles. The van der Waals surface area contributed by atoms with Gasteiger partial charge in [-0.05, 0) is 57.7 Å². The van der Waals surface area contributed by atoms with Crippen molar-refractivity contribution in [2.45, 2.75) is 51.0 Å². The minimum Gasteiger partial charge on any atom is -0.358 e. The van der Waals surface area contributed by atoms with E-state index in [0.717, 1.165) is 18.4 Å². The second-order valence-corrected chi connectivity index (χ2v) is 8.61. The number of nitrogens with one attached hydrogen (secondary N) is 3. The molecule has 0 fully saturated rings.